The fourth-order valence-electron chi connectivity index (χ4n) is 2.19. The van der Waals surface area contributed by atoms with Gasteiger partial charge in [-0.1, -0.05) is 0 Å². The van der Waals surface area contributed by atoms with E-state index in [4.69, 9.17) is 10.5 Å². The van der Waals surface area contributed by atoms with Gasteiger partial charge in [0.2, 0.25) is 0 Å². The Labute approximate surface area is 120 Å². The van der Waals surface area contributed by atoms with E-state index >= 15 is 0 Å². The Hall–Kier alpha value is -1.75. The van der Waals surface area contributed by atoms with Gasteiger partial charge in [-0.3, -0.25) is 0 Å². The maximum atomic E-state index is 12.0. The number of nitrogens with one attached hydrogen (secondary N) is 1. The van der Waals surface area contributed by atoms with Gasteiger partial charge in [0.15, 0.2) is 0 Å². The SMILES string of the molecule is CC(C)(C)OC(=O)c1ccc(N2CCNCC2)cc1N. The molecular weight excluding hydrogens is 254 g/mol. The topological polar surface area (TPSA) is 67.6 Å². The zero-order valence-electron chi connectivity index (χ0n) is 12.4. The molecule has 1 saturated heterocycles. The van der Waals surface area contributed by atoms with Crippen LogP contribution in [-0.2, 0) is 4.74 Å². The van der Waals surface area contributed by atoms with E-state index in [1.54, 1.807) is 6.07 Å². The number of rotatable bonds is 2. The number of carbonyl (C=O) groups is 1. The average molecular weight is 277 g/mol. The molecule has 5 heteroatoms. The van der Waals surface area contributed by atoms with Crippen LogP contribution in [0.2, 0.25) is 0 Å². The number of hydrogen-bond acceptors (Lipinski definition) is 5. The second-order valence-electron chi connectivity index (χ2n) is 6.01. The first-order valence-corrected chi connectivity index (χ1v) is 6.95. The van der Waals surface area contributed by atoms with Crippen molar-refractivity contribution in [1.82, 2.24) is 5.32 Å². The Morgan fingerprint density at radius 3 is 2.50 bits per heavy atom. The number of carbonyl (C=O) groups excluding carboxylic acids is 1. The van der Waals surface area contributed by atoms with Crippen LogP contribution < -0.4 is 16.0 Å². The van der Waals surface area contributed by atoms with Crippen LogP contribution in [0.3, 0.4) is 0 Å². The molecular formula is C15H23N3O2. The first-order chi connectivity index (χ1) is 9.37. The van der Waals surface area contributed by atoms with E-state index in [1.165, 1.54) is 0 Å². The summed E-state index contributed by atoms with van der Waals surface area (Å²) < 4.78 is 5.35. The number of piperazine rings is 1. The molecule has 110 valence electrons. The van der Waals surface area contributed by atoms with E-state index in [9.17, 15) is 4.79 Å². The molecule has 1 aromatic carbocycles. The maximum absolute atomic E-state index is 12.0. The molecule has 0 aliphatic carbocycles. The zero-order valence-corrected chi connectivity index (χ0v) is 12.4. The first-order valence-electron chi connectivity index (χ1n) is 6.95. The Kier molecular flexibility index (Phi) is 4.18. The Balaban J connectivity index is 2.15. The molecule has 0 atom stereocenters. The lowest BCUT2D eigenvalue weighted by Gasteiger charge is -2.30. The van der Waals surface area contributed by atoms with Gasteiger partial charge in [-0.05, 0) is 39.0 Å². The molecule has 1 heterocycles. The zero-order chi connectivity index (χ0) is 14.8. The monoisotopic (exact) mass is 277 g/mol. The number of esters is 1. The molecule has 5 nitrogen and oxygen atoms in total. The molecule has 2 rings (SSSR count). The number of nitrogen functional groups attached to an aromatic ring is 1. The lowest BCUT2D eigenvalue weighted by atomic mass is 10.1. The lowest BCUT2D eigenvalue weighted by Crippen LogP contribution is -2.43. The molecule has 0 spiro atoms. The van der Waals surface area contributed by atoms with Crippen molar-refractivity contribution in [1.29, 1.82) is 0 Å². The second kappa shape index (κ2) is 5.71. The third kappa shape index (κ3) is 3.63. The van der Waals surface area contributed by atoms with Crippen LogP contribution in [0.1, 0.15) is 31.1 Å². The van der Waals surface area contributed by atoms with Gasteiger partial charge in [-0.25, -0.2) is 4.79 Å². The predicted molar refractivity (Wildman–Crippen MR) is 81.1 cm³/mol. The van der Waals surface area contributed by atoms with Crippen molar-refractivity contribution in [2.75, 3.05) is 36.8 Å². The first kappa shape index (κ1) is 14.7. The second-order valence-corrected chi connectivity index (χ2v) is 6.01. The van der Waals surface area contributed by atoms with Crippen LogP contribution >= 0.6 is 0 Å². The molecule has 0 saturated carbocycles. The molecule has 0 unspecified atom stereocenters. The van der Waals surface area contributed by atoms with Crippen molar-refractivity contribution >= 4 is 17.3 Å². The summed E-state index contributed by atoms with van der Waals surface area (Å²) in [6.07, 6.45) is 0. The molecule has 3 N–H and O–H groups in total. The third-order valence-corrected chi connectivity index (χ3v) is 3.14. The van der Waals surface area contributed by atoms with Crippen LogP contribution in [-0.4, -0.2) is 37.7 Å². The van der Waals surface area contributed by atoms with Gasteiger partial charge in [0.05, 0.1) is 5.56 Å². The fourth-order valence-corrected chi connectivity index (χ4v) is 2.19. The fraction of sp³-hybridized carbons (Fsp3) is 0.533. The van der Waals surface area contributed by atoms with Gasteiger partial charge in [0.1, 0.15) is 5.60 Å². The van der Waals surface area contributed by atoms with E-state index in [-0.39, 0.29) is 5.97 Å². The van der Waals surface area contributed by atoms with Crippen LogP contribution in [0, 0.1) is 0 Å². The summed E-state index contributed by atoms with van der Waals surface area (Å²) in [5, 5.41) is 3.31. The van der Waals surface area contributed by atoms with Crippen molar-refractivity contribution < 1.29 is 9.53 Å². The Morgan fingerprint density at radius 2 is 1.95 bits per heavy atom. The highest BCUT2D eigenvalue weighted by Gasteiger charge is 2.20. The van der Waals surface area contributed by atoms with E-state index in [2.05, 4.69) is 10.2 Å². The molecule has 1 fully saturated rings. The average Bonchev–Trinajstić information content (AvgIpc) is 2.37. The van der Waals surface area contributed by atoms with Crippen LogP contribution in [0.25, 0.3) is 0 Å². The van der Waals surface area contributed by atoms with E-state index in [0.717, 1.165) is 31.9 Å². The standard InChI is InChI=1S/C15H23N3O2/c1-15(2,3)20-14(19)12-5-4-11(10-13(12)16)18-8-6-17-7-9-18/h4-5,10,17H,6-9,16H2,1-3H3. The molecule has 1 aliphatic rings. The number of ether oxygens (including phenoxy) is 1. The summed E-state index contributed by atoms with van der Waals surface area (Å²) in [4.78, 5) is 14.3. The summed E-state index contributed by atoms with van der Waals surface area (Å²) in [5.41, 5.74) is 7.44. The summed E-state index contributed by atoms with van der Waals surface area (Å²) in [6.45, 7) is 9.36. The summed E-state index contributed by atoms with van der Waals surface area (Å²) in [5.74, 6) is -0.373. The van der Waals surface area contributed by atoms with Gasteiger partial charge in [0.25, 0.3) is 0 Å². The smallest absolute Gasteiger partial charge is 0.340 e. The van der Waals surface area contributed by atoms with Gasteiger partial charge >= 0.3 is 5.97 Å². The number of anilines is 2. The van der Waals surface area contributed by atoms with Crippen molar-refractivity contribution in [2.24, 2.45) is 0 Å². The number of nitrogens with zero attached hydrogens (tertiary/aromatic N) is 1. The van der Waals surface area contributed by atoms with Crippen molar-refractivity contribution in [3.63, 3.8) is 0 Å². The summed E-state index contributed by atoms with van der Waals surface area (Å²) in [6, 6.07) is 5.53. The van der Waals surface area contributed by atoms with Crippen molar-refractivity contribution in [3.8, 4) is 0 Å². The molecule has 1 aromatic rings. The van der Waals surface area contributed by atoms with E-state index in [1.807, 2.05) is 32.9 Å². The van der Waals surface area contributed by atoms with E-state index in [0.29, 0.717) is 11.3 Å². The predicted octanol–water partition coefficient (Wildman–Crippen LogP) is 1.63. The van der Waals surface area contributed by atoms with Crippen molar-refractivity contribution in [2.45, 2.75) is 26.4 Å². The number of nitrogens with two attached hydrogens (primary N) is 1. The molecule has 20 heavy (non-hydrogen) atoms. The lowest BCUT2D eigenvalue weighted by molar-refractivity contribution is 0.00708. The van der Waals surface area contributed by atoms with Gasteiger partial charge in [0, 0.05) is 37.6 Å². The van der Waals surface area contributed by atoms with Gasteiger partial charge in [-0.2, -0.15) is 0 Å². The largest absolute Gasteiger partial charge is 0.456 e. The van der Waals surface area contributed by atoms with Gasteiger partial charge in [-0.15, -0.1) is 0 Å². The van der Waals surface area contributed by atoms with Gasteiger partial charge < -0.3 is 20.7 Å². The van der Waals surface area contributed by atoms with Crippen LogP contribution in [0.4, 0.5) is 11.4 Å². The molecule has 0 bridgehead atoms. The molecule has 0 aromatic heterocycles. The molecule has 0 radical (unpaired) electrons. The Bertz CT molecular complexity index is 488. The van der Waals surface area contributed by atoms with Crippen LogP contribution in [0.15, 0.2) is 18.2 Å². The maximum Gasteiger partial charge on any atom is 0.340 e. The third-order valence-electron chi connectivity index (χ3n) is 3.14. The number of hydrogen-bond donors (Lipinski definition) is 2. The quantitative estimate of drug-likeness (QED) is 0.635. The molecule has 0 amide bonds. The minimum atomic E-state index is -0.513. The number of benzene rings is 1. The highest BCUT2D eigenvalue weighted by atomic mass is 16.6. The van der Waals surface area contributed by atoms with Crippen LogP contribution in [0.5, 0.6) is 0 Å². The highest BCUT2D eigenvalue weighted by molar-refractivity contribution is 5.96. The minimum absolute atomic E-state index is 0.373. The highest BCUT2D eigenvalue weighted by Crippen LogP contribution is 2.24. The summed E-state index contributed by atoms with van der Waals surface area (Å²) >= 11 is 0. The molecule has 1 aliphatic heterocycles. The van der Waals surface area contributed by atoms with E-state index < -0.39 is 5.60 Å². The normalized spacial score (nSPS) is 16.1. The minimum Gasteiger partial charge on any atom is -0.456 e. The summed E-state index contributed by atoms with van der Waals surface area (Å²) in [7, 11) is 0. The van der Waals surface area contributed by atoms with Crippen molar-refractivity contribution in [3.05, 3.63) is 23.8 Å². The Morgan fingerprint density at radius 1 is 1.30 bits per heavy atom.